The molecule has 0 amide bonds. The highest BCUT2D eigenvalue weighted by Gasteiger charge is 2.28. The summed E-state index contributed by atoms with van der Waals surface area (Å²) >= 11 is 0. The third-order valence-electron chi connectivity index (χ3n) is 19.7. The van der Waals surface area contributed by atoms with Crippen LogP contribution in [0.15, 0.2) is 292 Å². The van der Waals surface area contributed by atoms with E-state index in [1.54, 1.807) is 0 Å². The summed E-state index contributed by atoms with van der Waals surface area (Å²) in [5.74, 6) is 2.93. The van der Waals surface area contributed by atoms with Crippen LogP contribution in [0, 0.1) is 0 Å². The molecule has 9 heterocycles. The maximum Gasteiger partial charge on any atom is 0.240 e. The molecule has 0 atom stereocenters. The maximum atomic E-state index is 7.16. The smallest absolute Gasteiger partial charge is 0.240 e. The molecule has 0 fully saturated rings. The summed E-state index contributed by atoms with van der Waals surface area (Å²) in [5, 5.41) is 14.4. The lowest BCUT2D eigenvalue weighted by molar-refractivity contribution is 0.670. The zero-order valence-corrected chi connectivity index (χ0v) is 51.3. The van der Waals surface area contributed by atoms with Gasteiger partial charge in [0.1, 0.15) is 33.3 Å². The van der Waals surface area contributed by atoms with Crippen LogP contribution in [-0.2, 0) is 0 Å². The van der Waals surface area contributed by atoms with Crippen molar-refractivity contribution in [2.45, 2.75) is 0 Å². The van der Waals surface area contributed by atoms with Crippen molar-refractivity contribution in [3.8, 4) is 57.7 Å². The van der Waals surface area contributed by atoms with Gasteiger partial charge in [0.15, 0.2) is 28.4 Å². The summed E-state index contributed by atoms with van der Waals surface area (Å²) in [6, 6.07) is 96.7. The molecule has 0 aliphatic carbocycles. The average molecular weight is 1240 g/mol. The van der Waals surface area contributed by atoms with Crippen LogP contribution in [0.1, 0.15) is 0 Å². The fourth-order valence-electron chi connectivity index (χ4n) is 15.5. The zero-order valence-electron chi connectivity index (χ0n) is 51.3. The number of furan rings is 3. The van der Waals surface area contributed by atoms with Crippen LogP contribution in [0.25, 0.3) is 211 Å². The van der Waals surface area contributed by atoms with Crippen molar-refractivity contribution in [2.24, 2.45) is 0 Å². The number of para-hydroxylation sites is 6. The van der Waals surface area contributed by atoms with E-state index in [1.807, 2.05) is 84.9 Å². The van der Waals surface area contributed by atoms with Crippen LogP contribution in [0.5, 0.6) is 0 Å². The van der Waals surface area contributed by atoms with E-state index in [2.05, 4.69) is 212 Å². The zero-order chi connectivity index (χ0) is 63.1. The monoisotopic (exact) mass is 1240 g/mol. The first-order valence-corrected chi connectivity index (χ1v) is 32.3. The normalized spacial score (nSPS) is 12.3. The Morgan fingerprint density at radius 2 is 0.505 bits per heavy atom. The first kappa shape index (κ1) is 52.0. The lowest BCUT2D eigenvalue weighted by Gasteiger charge is -2.13. The highest BCUT2D eigenvalue weighted by atomic mass is 16.3. The predicted molar refractivity (Wildman–Crippen MR) is 389 cm³/mol. The Morgan fingerprint density at radius 3 is 0.948 bits per heavy atom. The minimum atomic E-state index is 0.444. The second-order valence-corrected chi connectivity index (χ2v) is 24.9. The number of benzene rings is 13. The summed E-state index contributed by atoms with van der Waals surface area (Å²) in [5.41, 5.74) is 15.8. The van der Waals surface area contributed by atoms with Crippen LogP contribution in [-0.4, -0.2) is 48.2 Å². The van der Waals surface area contributed by atoms with Gasteiger partial charge in [0.25, 0.3) is 0 Å². The summed E-state index contributed by atoms with van der Waals surface area (Å²) < 4.78 is 29.4. The highest BCUT2D eigenvalue weighted by Crippen LogP contribution is 2.46. The molecule has 0 aliphatic rings. The number of nitrogens with zero attached hydrogens (tertiary/aromatic N) is 10. The Labute approximate surface area is 548 Å². The SMILES string of the molecule is c1ccc(-c2nc(-n3c4ccccc4c4cc(-c5ccc6oc7c(ccc8c9ccccc9n(-c9nc(-c%10ccccc%10)nc(-n%10c%11ccccc%11c%11ccc%12c%13ccccc%13oc%12c%11%10)n9)c87)c6c5)ccc43)nc(-n3c4ccccc4c4ccc5c6ccccc6oc5c43)n2)cc1. The van der Waals surface area contributed by atoms with Gasteiger partial charge >= 0.3 is 0 Å². The van der Waals surface area contributed by atoms with Crippen molar-refractivity contribution in [1.29, 1.82) is 0 Å². The molecule has 9 aromatic heterocycles. The molecular weight excluding hydrogens is 1200 g/mol. The van der Waals surface area contributed by atoms with E-state index in [9.17, 15) is 0 Å². The molecule has 450 valence electrons. The summed E-state index contributed by atoms with van der Waals surface area (Å²) in [4.78, 5) is 32.6. The molecule has 13 aromatic carbocycles. The van der Waals surface area contributed by atoms with Crippen molar-refractivity contribution in [2.75, 3.05) is 0 Å². The molecule has 0 saturated carbocycles. The van der Waals surface area contributed by atoms with E-state index in [0.29, 0.717) is 35.4 Å². The van der Waals surface area contributed by atoms with Crippen molar-refractivity contribution < 1.29 is 13.3 Å². The average Bonchev–Trinajstić information content (AvgIpc) is 1.57. The van der Waals surface area contributed by atoms with Crippen molar-refractivity contribution >= 4 is 153 Å². The summed E-state index contributed by atoms with van der Waals surface area (Å²) in [7, 11) is 0. The van der Waals surface area contributed by atoms with Crippen molar-refractivity contribution in [1.82, 2.24) is 48.2 Å². The van der Waals surface area contributed by atoms with Crippen LogP contribution in [0.3, 0.4) is 0 Å². The van der Waals surface area contributed by atoms with Gasteiger partial charge in [0, 0.05) is 86.5 Å². The van der Waals surface area contributed by atoms with Gasteiger partial charge in [-0.3, -0.25) is 18.3 Å². The van der Waals surface area contributed by atoms with Gasteiger partial charge in [0.05, 0.1) is 27.6 Å². The Morgan fingerprint density at radius 1 is 0.196 bits per heavy atom. The van der Waals surface area contributed by atoms with Gasteiger partial charge < -0.3 is 13.3 Å². The topological polar surface area (TPSA) is 136 Å². The van der Waals surface area contributed by atoms with E-state index >= 15 is 0 Å². The first-order valence-electron chi connectivity index (χ1n) is 32.3. The predicted octanol–water partition coefficient (Wildman–Crippen LogP) is 21.1. The number of rotatable bonds is 7. The Kier molecular flexibility index (Phi) is 10.5. The molecule has 0 bridgehead atoms. The fourth-order valence-corrected chi connectivity index (χ4v) is 15.5. The Bertz CT molecular complexity index is 7150. The lowest BCUT2D eigenvalue weighted by atomic mass is 10.0. The minimum absolute atomic E-state index is 0.444. The molecule has 0 unspecified atom stereocenters. The quantitative estimate of drug-likeness (QED) is 0.153. The molecule has 13 heteroatoms. The molecule has 0 aliphatic heterocycles. The number of aromatic nitrogens is 10. The number of hydrogen-bond acceptors (Lipinski definition) is 9. The van der Waals surface area contributed by atoms with Gasteiger partial charge in [-0.1, -0.05) is 200 Å². The number of hydrogen-bond donors (Lipinski definition) is 0. The molecule has 0 spiro atoms. The molecule has 22 aromatic rings. The van der Waals surface area contributed by atoms with E-state index in [-0.39, 0.29) is 0 Å². The largest absolute Gasteiger partial charge is 0.454 e. The van der Waals surface area contributed by atoms with Gasteiger partial charge in [-0.2, -0.15) is 29.9 Å². The Hall–Kier alpha value is -13.5. The maximum absolute atomic E-state index is 7.16. The van der Waals surface area contributed by atoms with E-state index in [1.165, 1.54) is 0 Å². The van der Waals surface area contributed by atoms with Gasteiger partial charge in [-0.25, -0.2) is 0 Å². The van der Waals surface area contributed by atoms with Crippen molar-refractivity contribution in [3.05, 3.63) is 279 Å². The molecule has 13 nitrogen and oxygen atoms in total. The highest BCUT2D eigenvalue weighted by molar-refractivity contribution is 6.25. The number of fused-ring (bicyclic) bond motifs is 24. The molecule has 97 heavy (non-hydrogen) atoms. The summed E-state index contributed by atoms with van der Waals surface area (Å²) in [6.45, 7) is 0. The standard InChI is InChI=1S/C84H46N10O3/c1-3-19-47(20-4-1)79-85-81(89-82(86-79)92-66-30-14-7-23-51(66)57-37-40-60-55-27-11-17-33-70(55)95-76(60)73(57)92)91-65-29-13-10-26-54(65)63-45-49(35-43-69(63)91)50-36-44-72-64(46-50)62-42-39-59-53-25-9-16-32-68(53)94(75(59)78(62)97-72)84-88-80(48-21-5-2-6-22-48)87-83(90-84)93-67-31-15-8-24-52(67)58-38-41-61-56-28-12-18-34-71(56)96-77(61)74(58)93/h1-46H. The second kappa shape index (κ2) is 19.5. The molecular formula is C84H46N10O3. The molecule has 0 saturated heterocycles. The third-order valence-corrected chi connectivity index (χ3v) is 19.7. The van der Waals surface area contributed by atoms with Crippen LogP contribution >= 0.6 is 0 Å². The third kappa shape index (κ3) is 7.36. The summed E-state index contributed by atoms with van der Waals surface area (Å²) in [6.07, 6.45) is 0. The van der Waals surface area contributed by atoms with E-state index in [0.717, 1.165) is 175 Å². The van der Waals surface area contributed by atoms with Gasteiger partial charge in [-0.15, -0.1) is 0 Å². The van der Waals surface area contributed by atoms with Crippen LogP contribution in [0.4, 0.5) is 0 Å². The van der Waals surface area contributed by atoms with Crippen LogP contribution in [0.2, 0.25) is 0 Å². The van der Waals surface area contributed by atoms with Crippen LogP contribution < -0.4 is 0 Å². The van der Waals surface area contributed by atoms with Gasteiger partial charge in [0.2, 0.25) is 23.8 Å². The fraction of sp³-hybridized carbons (Fsp3) is 0. The van der Waals surface area contributed by atoms with Crippen molar-refractivity contribution in [3.63, 3.8) is 0 Å². The Balaban J connectivity index is 0.726. The minimum Gasteiger partial charge on any atom is -0.454 e. The molecule has 0 radical (unpaired) electrons. The molecule has 0 N–H and O–H groups in total. The lowest BCUT2D eigenvalue weighted by Crippen LogP contribution is -2.10. The van der Waals surface area contributed by atoms with E-state index < -0.39 is 0 Å². The second-order valence-electron chi connectivity index (χ2n) is 24.9. The first-order chi connectivity index (χ1) is 48.1. The molecule has 22 rings (SSSR count). The van der Waals surface area contributed by atoms with Gasteiger partial charge in [-0.05, 0) is 90.0 Å². The van der Waals surface area contributed by atoms with E-state index in [4.69, 9.17) is 43.2 Å².